The van der Waals surface area contributed by atoms with Gasteiger partial charge in [0.15, 0.2) is 6.10 Å². The minimum Gasteiger partial charge on any atom is -0.449 e. The van der Waals surface area contributed by atoms with Gasteiger partial charge in [0.1, 0.15) is 0 Å². The minimum absolute atomic E-state index is 0.166. The zero-order valence-corrected chi connectivity index (χ0v) is 13.9. The zero-order chi connectivity index (χ0) is 16.8. The molecule has 2 aromatic rings. The number of esters is 1. The largest absolute Gasteiger partial charge is 0.449 e. The Hall–Kier alpha value is -2.04. The molecule has 2 rings (SSSR count). The maximum Gasteiger partial charge on any atom is 0.340 e. The third-order valence-electron chi connectivity index (χ3n) is 3.11. The van der Waals surface area contributed by atoms with Crippen molar-refractivity contribution in [1.82, 2.24) is 5.32 Å². The Morgan fingerprint density at radius 3 is 2.48 bits per heavy atom. The standard InChI is InChI=1S/C17H15Cl2NO3/c1-11(16(21)20-10-12-5-3-2-4-6-12)23-17(22)14-8-7-13(18)9-15(14)19/h2-9,11H,10H2,1H3,(H,20,21)/t11-/m1/s1. The first kappa shape index (κ1) is 17.3. The van der Waals surface area contributed by atoms with Crippen molar-refractivity contribution in [1.29, 1.82) is 0 Å². The molecule has 0 aliphatic heterocycles. The fourth-order valence-corrected chi connectivity index (χ4v) is 2.35. The first-order chi connectivity index (χ1) is 11.0. The van der Waals surface area contributed by atoms with Gasteiger partial charge in [0.2, 0.25) is 0 Å². The average Bonchev–Trinajstić information content (AvgIpc) is 2.53. The molecule has 0 saturated carbocycles. The van der Waals surface area contributed by atoms with E-state index in [1.165, 1.54) is 25.1 Å². The molecule has 6 heteroatoms. The number of hydrogen-bond acceptors (Lipinski definition) is 3. The molecule has 120 valence electrons. The van der Waals surface area contributed by atoms with Crippen LogP contribution in [-0.2, 0) is 16.1 Å². The normalized spacial score (nSPS) is 11.6. The SMILES string of the molecule is C[C@@H](OC(=O)c1ccc(Cl)cc1Cl)C(=O)NCc1ccccc1. The molecule has 0 radical (unpaired) electrons. The van der Waals surface area contributed by atoms with Gasteiger partial charge in [-0.25, -0.2) is 4.79 Å². The Labute approximate surface area is 144 Å². The Kier molecular flexibility index (Phi) is 6.02. The summed E-state index contributed by atoms with van der Waals surface area (Å²) in [7, 11) is 0. The van der Waals surface area contributed by atoms with E-state index in [1.807, 2.05) is 30.3 Å². The average molecular weight is 352 g/mol. The van der Waals surface area contributed by atoms with Crippen molar-refractivity contribution in [3.8, 4) is 0 Å². The highest BCUT2D eigenvalue weighted by Gasteiger charge is 2.20. The van der Waals surface area contributed by atoms with Crippen LogP contribution in [0.3, 0.4) is 0 Å². The lowest BCUT2D eigenvalue weighted by atomic mass is 10.2. The van der Waals surface area contributed by atoms with Gasteiger partial charge in [0.05, 0.1) is 10.6 Å². The van der Waals surface area contributed by atoms with Gasteiger partial charge in [-0.1, -0.05) is 53.5 Å². The van der Waals surface area contributed by atoms with Gasteiger partial charge < -0.3 is 10.1 Å². The molecule has 0 spiro atoms. The molecule has 0 aliphatic carbocycles. The van der Waals surface area contributed by atoms with E-state index >= 15 is 0 Å². The maximum absolute atomic E-state index is 12.0. The molecule has 2 aromatic carbocycles. The minimum atomic E-state index is -0.932. The van der Waals surface area contributed by atoms with Crippen LogP contribution in [-0.4, -0.2) is 18.0 Å². The van der Waals surface area contributed by atoms with E-state index in [-0.39, 0.29) is 16.5 Å². The number of carbonyl (C=O) groups excluding carboxylic acids is 2. The molecule has 0 aromatic heterocycles. The first-order valence-electron chi connectivity index (χ1n) is 6.95. The predicted octanol–water partition coefficient (Wildman–Crippen LogP) is 3.86. The highest BCUT2D eigenvalue weighted by atomic mass is 35.5. The van der Waals surface area contributed by atoms with Crippen LogP contribution in [0.4, 0.5) is 0 Å². The van der Waals surface area contributed by atoms with Gasteiger partial charge in [-0.15, -0.1) is 0 Å². The van der Waals surface area contributed by atoms with Gasteiger partial charge in [0, 0.05) is 11.6 Å². The number of nitrogens with one attached hydrogen (secondary N) is 1. The molecular weight excluding hydrogens is 337 g/mol. The number of ether oxygens (including phenoxy) is 1. The lowest BCUT2D eigenvalue weighted by Gasteiger charge is -2.14. The first-order valence-corrected chi connectivity index (χ1v) is 7.70. The molecule has 0 heterocycles. The summed E-state index contributed by atoms with van der Waals surface area (Å²) in [5.41, 5.74) is 1.12. The number of benzene rings is 2. The van der Waals surface area contributed by atoms with E-state index in [2.05, 4.69) is 5.32 Å². The van der Waals surface area contributed by atoms with Crippen LogP contribution in [0, 0.1) is 0 Å². The summed E-state index contributed by atoms with van der Waals surface area (Å²) >= 11 is 11.7. The molecule has 0 saturated heterocycles. The quantitative estimate of drug-likeness (QED) is 0.832. The van der Waals surface area contributed by atoms with Gasteiger partial charge in [-0.3, -0.25) is 4.79 Å². The molecule has 0 aliphatic rings. The molecule has 1 amide bonds. The summed E-state index contributed by atoms with van der Waals surface area (Å²) in [6.07, 6.45) is -0.932. The monoisotopic (exact) mass is 351 g/mol. The summed E-state index contributed by atoms with van der Waals surface area (Å²) in [5.74, 6) is -1.05. The number of hydrogen-bond donors (Lipinski definition) is 1. The maximum atomic E-state index is 12.0. The van der Waals surface area contributed by atoms with Gasteiger partial charge in [0.25, 0.3) is 5.91 Å². The van der Waals surface area contributed by atoms with Crippen LogP contribution < -0.4 is 5.32 Å². The number of rotatable bonds is 5. The van der Waals surface area contributed by atoms with Crippen LogP contribution in [0.15, 0.2) is 48.5 Å². The van der Waals surface area contributed by atoms with Crippen molar-refractivity contribution in [2.75, 3.05) is 0 Å². The summed E-state index contributed by atoms with van der Waals surface area (Å²) in [6.45, 7) is 1.87. The fraction of sp³-hybridized carbons (Fsp3) is 0.176. The Morgan fingerprint density at radius 2 is 1.83 bits per heavy atom. The lowest BCUT2D eigenvalue weighted by Crippen LogP contribution is -2.35. The van der Waals surface area contributed by atoms with Crippen molar-refractivity contribution in [3.63, 3.8) is 0 Å². The zero-order valence-electron chi connectivity index (χ0n) is 12.4. The smallest absolute Gasteiger partial charge is 0.340 e. The molecule has 0 fully saturated rings. The van der Waals surface area contributed by atoms with Crippen LogP contribution in [0.5, 0.6) is 0 Å². The lowest BCUT2D eigenvalue weighted by molar-refractivity contribution is -0.129. The van der Waals surface area contributed by atoms with Crippen LogP contribution >= 0.6 is 23.2 Å². The molecule has 23 heavy (non-hydrogen) atoms. The van der Waals surface area contributed by atoms with Crippen molar-refractivity contribution in [2.24, 2.45) is 0 Å². The van der Waals surface area contributed by atoms with Gasteiger partial charge in [-0.05, 0) is 30.7 Å². The fourth-order valence-electron chi connectivity index (χ4n) is 1.86. The summed E-state index contributed by atoms with van der Waals surface area (Å²) < 4.78 is 5.13. The highest BCUT2D eigenvalue weighted by Crippen LogP contribution is 2.22. The molecule has 1 N–H and O–H groups in total. The number of carbonyl (C=O) groups is 2. The number of amides is 1. The molecule has 0 unspecified atom stereocenters. The second-order valence-electron chi connectivity index (χ2n) is 4.88. The van der Waals surface area contributed by atoms with Crippen LogP contribution in [0.25, 0.3) is 0 Å². The highest BCUT2D eigenvalue weighted by molar-refractivity contribution is 6.36. The van der Waals surface area contributed by atoms with E-state index in [4.69, 9.17) is 27.9 Å². The van der Waals surface area contributed by atoms with Gasteiger partial charge >= 0.3 is 5.97 Å². The number of halogens is 2. The topological polar surface area (TPSA) is 55.4 Å². The van der Waals surface area contributed by atoms with Crippen molar-refractivity contribution in [3.05, 3.63) is 69.7 Å². The molecule has 0 bridgehead atoms. The molecule has 4 nitrogen and oxygen atoms in total. The third kappa shape index (κ3) is 4.98. The van der Waals surface area contributed by atoms with E-state index in [0.29, 0.717) is 11.6 Å². The summed E-state index contributed by atoms with van der Waals surface area (Å²) in [6, 6.07) is 13.9. The van der Waals surface area contributed by atoms with E-state index < -0.39 is 12.1 Å². The Morgan fingerprint density at radius 1 is 1.13 bits per heavy atom. The van der Waals surface area contributed by atoms with Crippen LogP contribution in [0.1, 0.15) is 22.8 Å². The Bertz CT molecular complexity index is 704. The summed E-state index contributed by atoms with van der Waals surface area (Å²) in [4.78, 5) is 24.0. The van der Waals surface area contributed by atoms with Crippen molar-refractivity contribution >= 4 is 35.1 Å². The Balaban J connectivity index is 1.91. The summed E-state index contributed by atoms with van der Waals surface area (Å²) in [5, 5.41) is 3.31. The third-order valence-corrected chi connectivity index (χ3v) is 3.66. The second kappa shape index (κ2) is 7.99. The molecule has 1 atom stereocenters. The van der Waals surface area contributed by atoms with E-state index in [1.54, 1.807) is 0 Å². The van der Waals surface area contributed by atoms with Crippen LogP contribution in [0.2, 0.25) is 10.0 Å². The van der Waals surface area contributed by atoms with Gasteiger partial charge in [-0.2, -0.15) is 0 Å². The van der Waals surface area contributed by atoms with E-state index in [9.17, 15) is 9.59 Å². The van der Waals surface area contributed by atoms with E-state index in [0.717, 1.165) is 5.56 Å². The van der Waals surface area contributed by atoms with Crippen molar-refractivity contribution in [2.45, 2.75) is 19.6 Å². The van der Waals surface area contributed by atoms with Crippen molar-refractivity contribution < 1.29 is 14.3 Å². The second-order valence-corrected chi connectivity index (χ2v) is 5.72. The molecular formula is C17H15Cl2NO3. The predicted molar refractivity (Wildman–Crippen MR) is 89.6 cm³/mol.